The molecular formula is C31H30F4N4O4S. The number of rotatable bonds is 12. The second-order valence-electron chi connectivity index (χ2n) is 10.1. The number of benzene rings is 3. The molecule has 1 N–H and O–H groups in total. The normalized spacial score (nSPS) is 13.3. The van der Waals surface area contributed by atoms with E-state index in [2.05, 4.69) is 15.2 Å². The largest absolute Gasteiger partial charge is 0.497 e. The maximum absolute atomic E-state index is 15.6. The summed E-state index contributed by atoms with van der Waals surface area (Å²) < 4.78 is 98.8. The lowest BCUT2D eigenvalue weighted by atomic mass is 10.0. The Balaban J connectivity index is 1.47. The zero-order valence-electron chi connectivity index (χ0n) is 24.0. The van der Waals surface area contributed by atoms with E-state index in [1.165, 1.54) is 44.6 Å². The molecular weight excluding hydrogens is 600 g/mol. The molecule has 0 spiro atoms. The third-order valence-electron chi connectivity index (χ3n) is 7.34. The molecule has 44 heavy (non-hydrogen) atoms. The van der Waals surface area contributed by atoms with Crippen LogP contribution in [0.4, 0.5) is 29.1 Å². The van der Waals surface area contributed by atoms with Crippen LogP contribution in [0, 0.1) is 23.4 Å². The molecule has 5 rings (SSSR count). The molecule has 8 nitrogen and oxygen atoms in total. The van der Waals surface area contributed by atoms with Crippen molar-refractivity contribution in [3.8, 4) is 11.5 Å². The summed E-state index contributed by atoms with van der Waals surface area (Å²) in [4.78, 5) is 4.55. The van der Waals surface area contributed by atoms with Crippen LogP contribution >= 0.6 is 0 Å². The zero-order valence-corrected chi connectivity index (χ0v) is 24.8. The van der Waals surface area contributed by atoms with Crippen LogP contribution in [0.1, 0.15) is 23.1 Å². The van der Waals surface area contributed by atoms with Crippen LogP contribution in [0.3, 0.4) is 0 Å². The average molecular weight is 631 g/mol. The molecule has 0 amide bonds. The molecule has 1 saturated heterocycles. The molecule has 13 heteroatoms. The minimum Gasteiger partial charge on any atom is -0.497 e. The Morgan fingerprint density at radius 1 is 0.886 bits per heavy atom. The predicted octanol–water partition coefficient (Wildman–Crippen LogP) is 5.87. The number of nitrogens with one attached hydrogen (secondary N) is 1. The molecule has 1 fully saturated rings. The molecule has 3 aromatic carbocycles. The van der Waals surface area contributed by atoms with E-state index in [1.54, 1.807) is 18.2 Å². The number of anilines is 2. The van der Waals surface area contributed by atoms with Crippen LogP contribution in [-0.2, 0) is 29.7 Å². The minimum absolute atomic E-state index is 0.0859. The van der Waals surface area contributed by atoms with Crippen molar-refractivity contribution < 1.29 is 35.5 Å². The fourth-order valence-corrected chi connectivity index (χ4v) is 6.39. The minimum atomic E-state index is -5.00. The van der Waals surface area contributed by atoms with Gasteiger partial charge in [0.15, 0.2) is 4.90 Å². The topological polar surface area (TPSA) is 84.0 Å². The number of hydrogen-bond donors (Lipinski definition) is 1. The van der Waals surface area contributed by atoms with Crippen LogP contribution in [-0.4, -0.2) is 45.6 Å². The number of ether oxygens (including phenoxy) is 2. The first kappa shape index (κ1) is 31.1. The summed E-state index contributed by atoms with van der Waals surface area (Å²) in [6, 6.07) is 14.3. The van der Waals surface area contributed by atoms with Gasteiger partial charge in [0, 0.05) is 36.0 Å². The van der Waals surface area contributed by atoms with E-state index in [0.29, 0.717) is 27.7 Å². The maximum atomic E-state index is 15.6. The molecule has 0 saturated carbocycles. The Labute approximate surface area is 252 Å². The van der Waals surface area contributed by atoms with Gasteiger partial charge in [0.05, 0.1) is 20.8 Å². The van der Waals surface area contributed by atoms with Crippen LogP contribution in [0.15, 0.2) is 71.6 Å². The van der Waals surface area contributed by atoms with E-state index in [0.717, 1.165) is 43.3 Å². The van der Waals surface area contributed by atoms with E-state index in [4.69, 9.17) is 9.47 Å². The van der Waals surface area contributed by atoms with Gasteiger partial charge >= 0.3 is 0 Å². The highest BCUT2D eigenvalue weighted by molar-refractivity contribution is 7.92. The number of halogens is 4. The van der Waals surface area contributed by atoms with Crippen molar-refractivity contribution in [2.24, 2.45) is 0 Å². The first-order valence-electron chi connectivity index (χ1n) is 13.7. The van der Waals surface area contributed by atoms with Crippen LogP contribution in [0.25, 0.3) is 0 Å². The summed E-state index contributed by atoms with van der Waals surface area (Å²) in [6.07, 6.45) is 1.07. The number of sulfonamides is 1. The highest BCUT2D eigenvalue weighted by atomic mass is 32.2. The van der Waals surface area contributed by atoms with Gasteiger partial charge in [-0.15, -0.1) is 0 Å². The first-order chi connectivity index (χ1) is 21.1. The smallest absolute Gasteiger partial charge is 0.271 e. The SMILES string of the molecule is COc1ccc(CN(c2cccc(F)n2)S(=O)(=O)c2c(F)cc(NCc3c(F)cccc3CN3CCC3)cc2F)c(OC)c1. The standard InChI is InChI=1S/C31H30F4N4O4S/c1-42-23-11-10-21(28(16-23)43-2)19-39(30-9-4-8-29(35)37-30)44(40,41)31-26(33)14-22(15-27(31)34)36-17-24-20(6-3-7-25(24)32)18-38-12-5-13-38/h3-4,6-11,14-16,36H,5,12-13,17-19H2,1-2H3. The molecule has 1 aliphatic heterocycles. The van der Waals surface area contributed by atoms with Crippen molar-refractivity contribution in [3.05, 3.63) is 107 Å². The van der Waals surface area contributed by atoms with Gasteiger partial charge in [-0.3, -0.25) is 4.90 Å². The van der Waals surface area contributed by atoms with Crippen molar-refractivity contribution in [3.63, 3.8) is 0 Å². The van der Waals surface area contributed by atoms with Crippen molar-refractivity contribution in [2.45, 2.75) is 31.0 Å². The summed E-state index contributed by atoms with van der Waals surface area (Å²) in [5.74, 6) is -4.02. The zero-order chi connectivity index (χ0) is 31.4. The van der Waals surface area contributed by atoms with Gasteiger partial charge in [0.25, 0.3) is 10.0 Å². The van der Waals surface area contributed by atoms with Gasteiger partial charge in [-0.25, -0.2) is 30.9 Å². The molecule has 0 atom stereocenters. The summed E-state index contributed by atoms with van der Waals surface area (Å²) in [6.45, 7) is 1.76. The Morgan fingerprint density at radius 2 is 1.61 bits per heavy atom. The molecule has 0 radical (unpaired) electrons. The second kappa shape index (κ2) is 13.1. The fourth-order valence-electron chi connectivity index (χ4n) is 4.90. The number of aromatic nitrogens is 1. The molecule has 232 valence electrons. The van der Waals surface area contributed by atoms with Gasteiger partial charge in [-0.2, -0.15) is 4.39 Å². The van der Waals surface area contributed by atoms with Crippen molar-refractivity contribution in [2.75, 3.05) is 36.9 Å². The molecule has 1 aromatic heterocycles. The maximum Gasteiger partial charge on any atom is 0.271 e. The van der Waals surface area contributed by atoms with Gasteiger partial charge in [-0.05, 0) is 67.5 Å². The quantitative estimate of drug-likeness (QED) is 0.155. The third-order valence-corrected chi connectivity index (χ3v) is 9.14. The fraction of sp³-hybridized carbons (Fsp3) is 0.258. The number of hydrogen-bond acceptors (Lipinski definition) is 7. The van der Waals surface area contributed by atoms with Gasteiger partial charge < -0.3 is 14.8 Å². The highest BCUT2D eigenvalue weighted by Gasteiger charge is 2.34. The molecule has 0 aliphatic carbocycles. The monoisotopic (exact) mass is 630 g/mol. The lowest BCUT2D eigenvalue weighted by Crippen LogP contribution is -2.36. The highest BCUT2D eigenvalue weighted by Crippen LogP contribution is 2.33. The van der Waals surface area contributed by atoms with E-state index < -0.39 is 50.7 Å². The molecule has 2 heterocycles. The molecule has 0 unspecified atom stereocenters. The Kier molecular flexibility index (Phi) is 9.25. The Morgan fingerprint density at radius 3 is 2.25 bits per heavy atom. The number of likely N-dealkylation sites (tertiary alicyclic amines) is 1. The van der Waals surface area contributed by atoms with Gasteiger partial charge in [0.2, 0.25) is 5.95 Å². The number of pyridine rings is 1. The summed E-state index contributed by atoms with van der Waals surface area (Å²) >= 11 is 0. The van der Waals surface area contributed by atoms with Gasteiger partial charge in [0.1, 0.15) is 34.8 Å². The van der Waals surface area contributed by atoms with Crippen LogP contribution in [0.2, 0.25) is 0 Å². The van der Waals surface area contributed by atoms with E-state index in [9.17, 15) is 17.2 Å². The van der Waals surface area contributed by atoms with Crippen LogP contribution in [0.5, 0.6) is 11.5 Å². The van der Waals surface area contributed by atoms with E-state index in [-0.39, 0.29) is 18.0 Å². The summed E-state index contributed by atoms with van der Waals surface area (Å²) in [7, 11) is -2.21. The van der Waals surface area contributed by atoms with Crippen LogP contribution < -0.4 is 19.1 Å². The third kappa shape index (κ3) is 6.58. The van der Waals surface area contributed by atoms with Gasteiger partial charge in [-0.1, -0.05) is 18.2 Å². The summed E-state index contributed by atoms with van der Waals surface area (Å²) in [5.41, 5.74) is 1.28. The van der Waals surface area contributed by atoms with E-state index >= 15 is 8.78 Å². The second-order valence-corrected chi connectivity index (χ2v) is 11.9. The lowest BCUT2D eigenvalue weighted by Gasteiger charge is -2.31. The molecule has 4 aromatic rings. The Hall–Kier alpha value is -4.36. The van der Waals surface area contributed by atoms with E-state index in [1.807, 2.05) is 0 Å². The Bertz CT molecular complexity index is 1750. The summed E-state index contributed by atoms with van der Waals surface area (Å²) in [5, 5.41) is 2.81. The number of methoxy groups -OCH3 is 2. The predicted molar refractivity (Wildman–Crippen MR) is 157 cm³/mol. The average Bonchev–Trinajstić information content (AvgIpc) is 2.96. The first-order valence-corrected chi connectivity index (χ1v) is 15.1. The molecule has 0 bridgehead atoms. The van der Waals surface area contributed by atoms with Crippen molar-refractivity contribution in [1.29, 1.82) is 0 Å². The number of nitrogens with zero attached hydrogens (tertiary/aromatic N) is 3. The molecule has 1 aliphatic rings. The van der Waals surface area contributed by atoms with Crippen molar-refractivity contribution >= 4 is 21.5 Å². The lowest BCUT2D eigenvalue weighted by molar-refractivity contribution is 0.172. The van der Waals surface area contributed by atoms with Crippen molar-refractivity contribution in [1.82, 2.24) is 9.88 Å².